The van der Waals surface area contributed by atoms with Gasteiger partial charge < -0.3 is 5.32 Å². The number of nitrogens with one attached hydrogen (secondary N) is 1. The summed E-state index contributed by atoms with van der Waals surface area (Å²) in [5, 5.41) is 2.21. The monoisotopic (exact) mass is 277 g/mol. The van der Waals surface area contributed by atoms with E-state index < -0.39 is 5.25 Å². The molecule has 1 rings (SSSR count). The molecule has 0 saturated heterocycles. The van der Waals surface area contributed by atoms with Gasteiger partial charge in [0, 0.05) is 4.47 Å². The molecule has 5 heteroatoms. The zero-order chi connectivity index (χ0) is 10.7. The molecule has 76 valence electrons. The summed E-state index contributed by atoms with van der Waals surface area (Å²) in [4.78, 5) is 11.2. The summed E-state index contributed by atoms with van der Waals surface area (Å²) < 4.78 is 13.2. The Balaban J connectivity index is 2.82. The van der Waals surface area contributed by atoms with Gasteiger partial charge in [0.1, 0.15) is 5.82 Å². The van der Waals surface area contributed by atoms with E-state index in [0.717, 1.165) is 0 Å². The van der Waals surface area contributed by atoms with Crippen molar-refractivity contribution in [3.05, 3.63) is 28.5 Å². The van der Waals surface area contributed by atoms with Crippen molar-refractivity contribution in [3.8, 4) is 0 Å². The lowest BCUT2D eigenvalue weighted by atomic mass is 10.3. The topological polar surface area (TPSA) is 29.1 Å². The van der Waals surface area contributed by atoms with Crippen LogP contribution >= 0.6 is 28.6 Å². The molecular formula is C9H9BrFNOS. The first-order valence-corrected chi connectivity index (χ1v) is 5.25. The van der Waals surface area contributed by atoms with Gasteiger partial charge in [0.2, 0.25) is 5.91 Å². The van der Waals surface area contributed by atoms with Gasteiger partial charge in [-0.05, 0) is 41.1 Å². The molecule has 0 radical (unpaired) electrons. The van der Waals surface area contributed by atoms with E-state index in [0.29, 0.717) is 10.2 Å². The number of anilines is 1. The molecule has 0 aliphatic heterocycles. The maximum Gasteiger partial charge on any atom is 0.236 e. The van der Waals surface area contributed by atoms with Crippen LogP contribution in [0.4, 0.5) is 10.1 Å². The third-order valence-corrected chi connectivity index (χ3v) is 2.46. The van der Waals surface area contributed by atoms with Gasteiger partial charge in [-0.1, -0.05) is 0 Å². The Bertz CT molecular complexity index is 357. The zero-order valence-electron chi connectivity index (χ0n) is 7.42. The second-order valence-corrected chi connectivity index (χ2v) is 4.42. The first-order chi connectivity index (χ1) is 6.50. The van der Waals surface area contributed by atoms with Crippen molar-refractivity contribution in [2.45, 2.75) is 12.2 Å². The third-order valence-electron chi connectivity index (χ3n) is 1.57. The quantitative estimate of drug-likeness (QED) is 0.800. The summed E-state index contributed by atoms with van der Waals surface area (Å²) in [6, 6.07) is 4.07. The molecule has 1 atom stereocenters. The zero-order valence-corrected chi connectivity index (χ0v) is 9.90. The number of halogens is 2. The molecule has 1 N–H and O–H groups in total. The summed E-state index contributed by atoms with van der Waals surface area (Å²) in [5.41, 5.74) is 0.539. The van der Waals surface area contributed by atoms with Crippen molar-refractivity contribution < 1.29 is 9.18 Å². The van der Waals surface area contributed by atoms with Crippen molar-refractivity contribution in [2.24, 2.45) is 0 Å². The fraction of sp³-hybridized carbons (Fsp3) is 0.222. The first-order valence-electron chi connectivity index (χ1n) is 3.94. The van der Waals surface area contributed by atoms with Crippen LogP contribution in [-0.4, -0.2) is 11.2 Å². The second kappa shape index (κ2) is 4.79. The Morgan fingerprint density at radius 2 is 2.29 bits per heavy atom. The molecule has 1 aromatic rings. The van der Waals surface area contributed by atoms with Gasteiger partial charge in [-0.15, -0.1) is 0 Å². The molecule has 14 heavy (non-hydrogen) atoms. The van der Waals surface area contributed by atoms with Crippen LogP contribution in [0.25, 0.3) is 0 Å². The highest BCUT2D eigenvalue weighted by molar-refractivity contribution is 9.10. The van der Waals surface area contributed by atoms with E-state index in [1.807, 2.05) is 0 Å². The van der Waals surface area contributed by atoms with E-state index in [1.165, 1.54) is 18.2 Å². The Morgan fingerprint density at radius 3 is 2.79 bits per heavy atom. The van der Waals surface area contributed by atoms with Crippen LogP contribution in [0.15, 0.2) is 22.7 Å². The van der Waals surface area contributed by atoms with Crippen molar-refractivity contribution in [3.63, 3.8) is 0 Å². The number of hydrogen-bond acceptors (Lipinski definition) is 2. The highest BCUT2D eigenvalue weighted by atomic mass is 79.9. The van der Waals surface area contributed by atoms with Gasteiger partial charge in [-0.2, -0.15) is 12.6 Å². The van der Waals surface area contributed by atoms with Crippen LogP contribution in [-0.2, 0) is 4.79 Å². The first kappa shape index (κ1) is 11.5. The lowest BCUT2D eigenvalue weighted by Gasteiger charge is -2.08. The Labute approximate surface area is 95.4 Å². The predicted octanol–water partition coefficient (Wildman–Crippen LogP) is 2.85. The molecule has 0 aliphatic rings. The summed E-state index contributed by atoms with van der Waals surface area (Å²) in [6.07, 6.45) is 0. The SMILES string of the molecule is CC(S)C(=O)Nc1ccc(F)cc1Br. The number of carbonyl (C=O) groups excluding carboxylic acids is 1. The molecule has 1 unspecified atom stereocenters. The number of thiol groups is 1. The number of rotatable bonds is 2. The summed E-state index contributed by atoms with van der Waals surface area (Å²) in [6.45, 7) is 1.66. The highest BCUT2D eigenvalue weighted by Gasteiger charge is 2.09. The largest absolute Gasteiger partial charge is 0.324 e. The van der Waals surface area contributed by atoms with E-state index in [4.69, 9.17) is 0 Å². The van der Waals surface area contributed by atoms with Crippen LogP contribution in [0.1, 0.15) is 6.92 Å². The van der Waals surface area contributed by atoms with E-state index in [1.54, 1.807) is 6.92 Å². The summed E-state index contributed by atoms with van der Waals surface area (Å²) in [5.74, 6) is -0.575. The van der Waals surface area contributed by atoms with Gasteiger partial charge in [-0.3, -0.25) is 4.79 Å². The van der Waals surface area contributed by atoms with Crippen molar-refractivity contribution in [1.29, 1.82) is 0 Å². The molecule has 1 amide bonds. The van der Waals surface area contributed by atoms with Gasteiger partial charge in [-0.25, -0.2) is 4.39 Å². The average Bonchev–Trinajstić information content (AvgIpc) is 2.09. The normalized spacial score (nSPS) is 12.3. The lowest BCUT2D eigenvalue weighted by Crippen LogP contribution is -2.20. The molecule has 0 heterocycles. The summed E-state index contributed by atoms with van der Waals surface area (Å²) in [7, 11) is 0. The van der Waals surface area contributed by atoms with Crippen LogP contribution in [0.3, 0.4) is 0 Å². The van der Waals surface area contributed by atoms with Crippen LogP contribution in [0.5, 0.6) is 0 Å². The second-order valence-electron chi connectivity index (χ2n) is 2.79. The van der Waals surface area contributed by atoms with Gasteiger partial charge >= 0.3 is 0 Å². The summed E-state index contributed by atoms with van der Waals surface area (Å²) >= 11 is 7.12. The number of benzene rings is 1. The van der Waals surface area contributed by atoms with Crippen molar-refractivity contribution >= 4 is 40.2 Å². The molecule has 0 aliphatic carbocycles. The molecular weight excluding hydrogens is 269 g/mol. The van der Waals surface area contributed by atoms with E-state index in [9.17, 15) is 9.18 Å². The average molecular weight is 278 g/mol. The molecule has 0 fully saturated rings. The number of amides is 1. The van der Waals surface area contributed by atoms with E-state index >= 15 is 0 Å². The standard InChI is InChI=1S/C9H9BrFNOS/c1-5(14)9(13)12-8-3-2-6(11)4-7(8)10/h2-5,14H,1H3,(H,12,13). The number of hydrogen-bond donors (Lipinski definition) is 2. The molecule has 0 spiro atoms. The lowest BCUT2D eigenvalue weighted by molar-refractivity contribution is -0.115. The highest BCUT2D eigenvalue weighted by Crippen LogP contribution is 2.23. The van der Waals surface area contributed by atoms with E-state index in [2.05, 4.69) is 33.9 Å². The van der Waals surface area contributed by atoms with Gasteiger partial charge in [0.25, 0.3) is 0 Å². The Hall–Kier alpha value is -0.550. The maximum absolute atomic E-state index is 12.7. The minimum Gasteiger partial charge on any atom is -0.324 e. The Morgan fingerprint density at radius 1 is 1.64 bits per heavy atom. The maximum atomic E-state index is 12.7. The van der Waals surface area contributed by atoms with Crippen LogP contribution in [0.2, 0.25) is 0 Å². The van der Waals surface area contributed by atoms with Crippen LogP contribution < -0.4 is 5.32 Å². The van der Waals surface area contributed by atoms with Crippen molar-refractivity contribution in [1.82, 2.24) is 0 Å². The molecule has 0 saturated carbocycles. The predicted molar refractivity (Wildman–Crippen MR) is 61.2 cm³/mol. The molecule has 0 aromatic heterocycles. The van der Waals surface area contributed by atoms with Crippen molar-refractivity contribution in [2.75, 3.05) is 5.32 Å². The van der Waals surface area contributed by atoms with Crippen LogP contribution in [0, 0.1) is 5.82 Å². The molecule has 1 aromatic carbocycles. The smallest absolute Gasteiger partial charge is 0.236 e. The fourth-order valence-electron chi connectivity index (χ4n) is 0.828. The minimum absolute atomic E-state index is 0.222. The van der Waals surface area contributed by atoms with Gasteiger partial charge in [0.15, 0.2) is 0 Å². The Kier molecular flexibility index (Phi) is 3.95. The minimum atomic E-state index is -0.396. The third kappa shape index (κ3) is 2.99. The van der Waals surface area contributed by atoms with E-state index in [-0.39, 0.29) is 11.7 Å². The number of carbonyl (C=O) groups is 1. The van der Waals surface area contributed by atoms with Gasteiger partial charge in [0.05, 0.1) is 10.9 Å². The molecule has 0 bridgehead atoms. The molecule has 2 nitrogen and oxygen atoms in total. The fourth-order valence-corrected chi connectivity index (χ4v) is 1.34.